The highest BCUT2D eigenvalue weighted by molar-refractivity contribution is 5.89. The van der Waals surface area contributed by atoms with Gasteiger partial charge in [0.2, 0.25) is 0 Å². The van der Waals surface area contributed by atoms with Crippen LogP contribution in [0.1, 0.15) is 16.7 Å². The molecule has 3 rings (SSSR count). The molecule has 0 saturated heterocycles. The summed E-state index contributed by atoms with van der Waals surface area (Å²) in [6.07, 6.45) is 1.63. The van der Waals surface area contributed by atoms with Crippen molar-refractivity contribution in [2.45, 2.75) is 13.5 Å². The van der Waals surface area contributed by atoms with E-state index in [1.807, 2.05) is 24.3 Å². The minimum Gasteiger partial charge on any atom is -0.350 e. The summed E-state index contributed by atoms with van der Waals surface area (Å²) in [4.78, 5) is 13.4. The van der Waals surface area contributed by atoms with Crippen LogP contribution in [0, 0.1) is 18.3 Å². The van der Waals surface area contributed by atoms with E-state index in [0.29, 0.717) is 12.1 Å². The van der Waals surface area contributed by atoms with E-state index in [0.717, 1.165) is 35.4 Å². The normalized spacial score (nSPS) is 10.9. The lowest BCUT2D eigenvalue weighted by molar-refractivity contribution is 0.412. The first-order valence-electron chi connectivity index (χ1n) is 8.67. The topological polar surface area (TPSA) is 56.1 Å². The number of hydrogen-bond acceptors (Lipinski definition) is 5. The van der Waals surface area contributed by atoms with Gasteiger partial charge < -0.3 is 9.80 Å². The van der Waals surface area contributed by atoms with Crippen LogP contribution in [0.15, 0.2) is 48.8 Å². The SMILES string of the molecule is Cc1ccc2ncnc(N(CCN(C)C)Cc3cccc(C#N)c3)c2c1. The summed E-state index contributed by atoms with van der Waals surface area (Å²) in [5.74, 6) is 0.933. The van der Waals surface area contributed by atoms with E-state index in [2.05, 4.69) is 65.1 Å². The summed E-state index contributed by atoms with van der Waals surface area (Å²) in [7, 11) is 4.13. The number of aromatic nitrogens is 2. The molecule has 0 unspecified atom stereocenters. The minimum absolute atomic E-state index is 0.679. The van der Waals surface area contributed by atoms with Gasteiger partial charge in [-0.05, 0) is 50.8 Å². The Bertz CT molecular complexity index is 943. The maximum Gasteiger partial charge on any atom is 0.140 e. The molecule has 1 heterocycles. The Hall–Kier alpha value is -2.97. The molecule has 0 aliphatic carbocycles. The zero-order valence-corrected chi connectivity index (χ0v) is 15.5. The summed E-state index contributed by atoms with van der Waals surface area (Å²) in [6.45, 7) is 4.53. The van der Waals surface area contributed by atoms with Gasteiger partial charge in [-0.2, -0.15) is 5.26 Å². The maximum absolute atomic E-state index is 9.17. The second-order valence-electron chi connectivity index (χ2n) is 6.75. The molecule has 0 spiro atoms. The molecule has 132 valence electrons. The van der Waals surface area contributed by atoms with Crippen molar-refractivity contribution in [1.29, 1.82) is 5.26 Å². The second kappa shape index (κ2) is 7.94. The largest absolute Gasteiger partial charge is 0.350 e. The van der Waals surface area contributed by atoms with Gasteiger partial charge in [-0.1, -0.05) is 23.8 Å². The van der Waals surface area contributed by atoms with Crippen molar-refractivity contribution < 1.29 is 0 Å². The fourth-order valence-corrected chi connectivity index (χ4v) is 2.95. The van der Waals surface area contributed by atoms with Crippen LogP contribution in [-0.2, 0) is 6.54 Å². The number of hydrogen-bond donors (Lipinski definition) is 0. The Balaban J connectivity index is 2.01. The van der Waals surface area contributed by atoms with E-state index in [1.165, 1.54) is 5.56 Å². The number of benzene rings is 2. The predicted molar refractivity (Wildman–Crippen MR) is 105 cm³/mol. The molecule has 0 amide bonds. The maximum atomic E-state index is 9.17. The number of nitriles is 1. The van der Waals surface area contributed by atoms with Crippen LogP contribution in [0.2, 0.25) is 0 Å². The van der Waals surface area contributed by atoms with Crippen LogP contribution in [0.5, 0.6) is 0 Å². The highest BCUT2D eigenvalue weighted by Crippen LogP contribution is 2.25. The van der Waals surface area contributed by atoms with Crippen molar-refractivity contribution in [2.75, 3.05) is 32.1 Å². The average molecular weight is 345 g/mol. The van der Waals surface area contributed by atoms with Crippen molar-refractivity contribution >= 4 is 16.7 Å². The number of fused-ring (bicyclic) bond motifs is 1. The smallest absolute Gasteiger partial charge is 0.140 e. The fourth-order valence-electron chi connectivity index (χ4n) is 2.95. The lowest BCUT2D eigenvalue weighted by Crippen LogP contribution is -2.32. The van der Waals surface area contributed by atoms with Crippen LogP contribution in [0.4, 0.5) is 5.82 Å². The van der Waals surface area contributed by atoms with Gasteiger partial charge in [-0.25, -0.2) is 9.97 Å². The Labute approximate surface area is 154 Å². The molecule has 0 N–H and O–H groups in total. The van der Waals surface area contributed by atoms with Gasteiger partial charge in [-0.3, -0.25) is 0 Å². The second-order valence-corrected chi connectivity index (χ2v) is 6.75. The molecular weight excluding hydrogens is 322 g/mol. The van der Waals surface area contributed by atoms with Crippen molar-refractivity contribution in [3.8, 4) is 6.07 Å². The molecule has 0 atom stereocenters. The Morgan fingerprint density at radius 2 is 1.88 bits per heavy atom. The molecule has 2 aromatic carbocycles. The lowest BCUT2D eigenvalue weighted by atomic mass is 10.1. The lowest BCUT2D eigenvalue weighted by Gasteiger charge is -2.26. The fraction of sp³-hybridized carbons (Fsp3) is 0.286. The minimum atomic E-state index is 0.679. The van der Waals surface area contributed by atoms with E-state index >= 15 is 0 Å². The standard InChI is InChI=1S/C21H23N5/c1-16-7-8-20-19(11-16)21(24-15-23-20)26(10-9-25(2)3)14-18-6-4-5-17(12-18)13-22/h4-8,11-12,15H,9-10,14H2,1-3H3. The number of anilines is 1. The van der Waals surface area contributed by atoms with Gasteiger partial charge in [0, 0.05) is 25.0 Å². The summed E-state index contributed by atoms with van der Waals surface area (Å²) < 4.78 is 0. The molecule has 0 aliphatic heterocycles. The van der Waals surface area contributed by atoms with Crippen LogP contribution in [0.25, 0.3) is 10.9 Å². The number of aryl methyl sites for hydroxylation is 1. The molecule has 5 nitrogen and oxygen atoms in total. The van der Waals surface area contributed by atoms with E-state index in [-0.39, 0.29) is 0 Å². The first-order chi connectivity index (χ1) is 12.6. The van der Waals surface area contributed by atoms with E-state index in [9.17, 15) is 5.26 Å². The zero-order valence-electron chi connectivity index (χ0n) is 15.5. The number of rotatable bonds is 6. The molecule has 0 saturated carbocycles. The van der Waals surface area contributed by atoms with Crippen LogP contribution in [0.3, 0.4) is 0 Å². The first kappa shape index (κ1) is 17.8. The van der Waals surface area contributed by atoms with Gasteiger partial charge in [-0.15, -0.1) is 0 Å². The third kappa shape index (κ3) is 4.16. The molecule has 5 heteroatoms. The Morgan fingerprint density at radius 1 is 1.04 bits per heavy atom. The van der Waals surface area contributed by atoms with Gasteiger partial charge in [0.05, 0.1) is 17.1 Å². The Kier molecular flexibility index (Phi) is 5.45. The summed E-state index contributed by atoms with van der Waals surface area (Å²) in [6, 6.07) is 16.2. The van der Waals surface area contributed by atoms with E-state index < -0.39 is 0 Å². The molecule has 0 bridgehead atoms. The van der Waals surface area contributed by atoms with Crippen LogP contribution >= 0.6 is 0 Å². The van der Waals surface area contributed by atoms with Crippen molar-refractivity contribution in [3.63, 3.8) is 0 Å². The number of likely N-dealkylation sites (N-methyl/N-ethyl adjacent to an activating group) is 1. The average Bonchev–Trinajstić information content (AvgIpc) is 2.64. The third-order valence-corrected chi connectivity index (χ3v) is 4.32. The third-order valence-electron chi connectivity index (χ3n) is 4.32. The van der Waals surface area contributed by atoms with Gasteiger partial charge in [0.25, 0.3) is 0 Å². The summed E-state index contributed by atoms with van der Waals surface area (Å²) in [5, 5.41) is 10.2. The van der Waals surface area contributed by atoms with E-state index in [4.69, 9.17) is 0 Å². The molecular formula is C21H23N5. The van der Waals surface area contributed by atoms with Crippen LogP contribution < -0.4 is 4.90 Å². The van der Waals surface area contributed by atoms with Gasteiger partial charge in [0.15, 0.2) is 0 Å². The number of nitrogens with zero attached hydrogens (tertiary/aromatic N) is 5. The molecule has 3 aromatic rings. The molecule has 1 aromatic heterocycles. The predicted octanol–water partition coefficient (Wildman–Crippen LogP) is 3.38. The van der Waals surface area contributed by atoms with E-state index in [1.54, 1.807) is 6.33 Å². The summed E-state index contributed by atoms with van der Waals surface area (Å²) >= 11 is 0. The Morgan fingerprint density at radius 3 is 2.65 bits per heavy atom. The highest BCUT2D eigenvalue weighted by Gasteiger charge is 2.14. The van der Waals surface area contributed by atoms with Gasteiger partial charge in [0.1, 0.15) is 12.1 Å². The van der Waals surface area contributed by atoms with Crippen molar-refractivity contribution in [3.05, 3.63) is 65.5 Å². The monoisotopic (exact) mass is 345 g/mol. The van der Waals surface area contributed by atoms with Gasteiger partial charge >= 0.3 is 0 Å². The van der Waals surface area contributed by atoms with Crippen molar-refractivity contribution in [1.82, 2.24) is 14.9 Å². The summed E-state index contributed by atoms with van der Waals surface area (Å²) in [5.41, 5.74) is 3.91. The first-order valence-corrected chi connectivity index (χ1v) is 8.67. The molecule has 0 aliphatic rings. The zero-order chi connectivity index (χ0) is 18.5. The molecule has 0 radical (unpaired) electrons. The van der Waals surface area contributed by atoms with Crippen molar-refractivity contribution in [2.24, 2.45) is 0 Å². The molecule has 26 heavy (non-hydrogen) atoms. The highest BCUT2D eigenvalue weighted by atomic mass is 15.2. The quantitative estimate of drug-likeness (QED) is 0.685. The molecule has 0 fully saturated rings. The van der Waals surface area contributed by atoms with Crippen LogP contribution in [-0.4, -0.2) is 42.1 Å².